The van der Waals surface area contributed by atoms with E-state index in [0.717, 1.165) is 17.1 Å². The van der Waals surface area contributed by atoms with Gasteiger partial charge in [0.15, 0.2) is 0 Å². The van der Waals surface area contributed by atoms with Gasteiger partial charge in [-0.25, -0.2) is 4.68 Å². The van der Waals surface area contributed by atoms with Gasteiger partial charge in [0.2, 0.25) is 0 Å². The molecule has 1 heterocycles. The second-order valence-electron chi connectivity index (χ2n) is 6.92. The van der Waals surface area contributed by atoms with Gasteiger partial charge < -0.3 is 10.6 Å². The van der Waals surface area contributed by atoms with Gasteiger partial charge in [-0.2, -0.15) is 5.10 Å². The Balaban J connectivity index is 0.00000288. The number of carbonyl (C=O) groups excluding carboxylic acids is 1. The molecule has 0 saturated heterocycles. The molecule has 0 aliphatic rings. The maximum Gasteiger partial charge on any atom is 0.253 e. The number of nitrogens with two attached hydrogens (primary N) is 1. The molecule has 5 nitrogen and oxygen atoms in total. The van der Waals surface area contributed by atoms with Gasteiger partial charge in [-0.15, -0.1) is 12.4 Å². The zero-order valence-electron chi connectivity index (χ0n) is 15.0. The number of carbonyl (C=O) groups is 1. The van der Waals surface area contributed by atoms with Crippen LogP contribution in [-0.4, -0.2) is 40.7 Å². The van der Waals surface area contributed by atoms with E-state index in [1.165, 1.54) is 0 Å². The van der Waals surface area contributed by atoms with E-state index in [-0.39, 0.29) is 23.7 Å². The molecule has 1 aromatic carbocycles. The maximum absolute atomic E-state index is 12.5. The number of aryl methyl sites for hydroxylation is 2. The van der Waals surface area contributed by atoms with Crippen LogP contribution in [0.4, 0.5) is 0 Å². The highest BCUT2D eigenvalue weighted by molar-refractivity contribution is 5.94. The number of nitrogens with zero attached hydrogens (tertiary/aromatic N) is 3. The molecule has 2 aromatic rings. The predicted molar refractivity (Wildman–Crippen MR) is 100 cm³/mol. The predicted octanol–water partition coefficient (Wildman–Crippen LogP) is 2.97. The molecule has 0 radical (unpaired) electrons. The van der Waals surface area contributed by atoms with Crippen molar-refractivity contribution in [3.63, 3.8) is 0 Å². The number of hydrogen-bond donors (Lipinski definition) is 1. The van der Waals surface area contributed by atoms with Gasteiger partial charge in [0.25, 0.3) is 5.91 Å². The van der Waals surface area contributed by atoms with Crippen molar-refractivity contribution in [2.45, 2.75) is 27.7 Å². The molecule has 0 unspecified atom stereocenters. The summed E-state index contributed by atoms with van der Waals surface area (Å²) >= 11 is 0. The van der Waals surface area contributed by atoms with Gasteiger partial charge in [0, 0.05) is 24.8 Å². The third-order valence-corrected chi connectivity index (χ3v) is 3.93. The summed E-state index contributed by atoms with van der Waals surface area (Å²) in [6, 6.07) is 9.57. The molecular weight excluding hydrogens is 324 g/mol. The highest BCUT2D eigenvalue weighted by atomic mass is 35.5. The molecule has 24 heavy (non-hydrogen) atoms. The second kappa shape index (κ2) is 7.81. The lowest BCUT2D eigenvalue weighted by Crippen LogP contribution is -2.39. The van der Waals surface area contributed by atoms with Crippen molar-refractivity contribution in [2.24, 2.45) is 11.1 Å². The van der Waals surface area contributed by atoms with E-state index in [1.807, 2.05) is 55.9 Å². The van der Waals surface area contributed by atoms with E-state index in [4.69, 9.17) is 5.73 Å². The van der Waals surface area contributed by atoms with Crippen molar-refractivity contribution in [1.82, 2.24) is 14.7 Å². The zero-order chi connectivity index (χ0) is 17.2. The van der Waals surface area contributed by atoms with Gasteiger partial charge in [0.1, 0.15) is 0 Å². The van der Waals surface area contributed by atoms with Crippen LogP contribution in [0.25, 0.3) is 5.69 Å². The van der Waals surface area contributed by atoms with Crippen LogP contribution in [0, 0.1) is 19.3 Å². The minimum atomic E-state index is -0.0892. The highest BCUT2D eigenvalue weighted by Gasteiger charge is 2.22. The number of benzene rings is 1. The molecular formula is C18H27ClN4O. The van der Waals surface area contributed by atoms with Crippen molar-refractivity contribution in [1.29, 1.82) is 0 Å². The Bertz CT molecular complexity index is 692. The summed E-state index contributed by atoms with van der Waals surface area (Å²) in [7, 11) is 1.81. The quantitative estimate of drug-likeness (QED) is 0.901. The summed E-state index contributed by atoms with van der Waals surface area (Å²) in [5.41, 5.74) is 9.34. The summed E-state index contributed by atoms with van der Waals surface area (Å²) in [5, 5.41) is 4.46. The largest absolute Gasteiger partial charge is 0.341 e. The molecule has 1 aromatic heterocycles. The minimum Gasteiger partial charge on any atom is -0.341 e. The lowest BCUT2D eigenvalue weighted by molar-refractivity contribution is 0.0740. The summed E-state index contributed by atoms with van der Waals surface area (Å²) in [4.78, 5) is 14.2. The molecule has 0 aliphatic carbocycles. The zero-order valence-corrected chi connectivity index (χ0v) is 15.9. The molecule has 2 N–H and O–H groups in total. The first-order valence-electron chi connectivity index (χ1n) is 7.83. The fraction of sp³-hybridized carbons (Fsp3) is 0.444. The Morgan fingerprint density at radius 1 is 1.25 bits per heavy atom. The monoisotopic (exact) mass is 350 g/mol. The first kappa shape index (κ1) is 20.2. The number of amides is 1. The normalized spacial score (nSPS) is 11.1. The van der Waals surface area contributed by atoms with Crippen LogP contribution >= 0.6 is 12.4 Å². The molecule has 0 bridgehead atoms. The van der Waals surface area contributed by atoms with Gasteiger partial charge in [0.05, 0.1) is 11.4 Å². The van der Waals surface area contributed by atoms with Crippen LogP contribution in [0.1, 0.15) is 35.6 Å². The topological polar surface area (TPSA) is 64.2 Å². The number of halogens is 1. The fourth-order valence-corrected chi connectivity index (χ4v) is 2.63. The number of aromatic nitrogens is 2. The molecule has 1 amide bonds. The summed E-state index contributed by atoms with van der Waals surface area (Å²) in [6.07, 6.45) is 0. The van der Waals surface area contributed by atoms with Crippen molar-refractivity contribution in [3.8, 4) is 5.69 Å². The third-order valence-electron chi connectivity index (χ3n) is 3.93. The average molecular weight is 351 g/mol. The lowest BCUT2D eigenvalue weighted by atomic mass is 9.93. The SMILES string of the molecule is Cc1cc(C)n(-c2ccc(C(=O)N(C)CC(C)(C)CN)cc2)n1.Cl. The van der Waals surface area contributed by atoms with Crippen molar-refractivity contribution in [2.75, 3.05) is 20.1 Å². The highest BCUT2D eigenvalue weighted by Crippen LogP contribution is 2.17. The van der Waals surface area contributed by atoms with Crippen LogP contribution in [-0.2, 0) is 0 Å². The van der Waals surface area contributed by atoms with Crippen LogP contribution in [0.2, 0.25) is 0 Å². The maximum atomic E-state index is 12.5. The van der Waals surface area contributed by atoms with Crippen LogP contribution in [0.3, 0.4) is 0 Å². The Morgan fingerprint density at radius 2 is 1.83 bits per heavy atom. The van der Waals surface area contributed by atoms with Gasteiger partial charge in [-0.3, -0.25) is 4.79 Å². The first-order valence-corrected chi connectivity index (χ1v) is 7.83. The summed E-state index contributed by atoms with van der Waals surface area (Å²) in [5.74, 6) is 0.00597. The van der Waals surface area contributed by atoms with Crippen LogP contribution in [0.5, 0.6) is 0 Å². The Morgan fingerprint density at radius 3 is 2.29 bits per heavy atom. The van der Waals surface area contributed by atoms with Crippen LogP contribution < -0.4 is 5.73 Å². The van der Waals surface area contributed by atoms with Crippen molar-refractivity contribution in [3.05, 3.63) is 47.3 Å². The van der Waals surface area contributed by atoms with Crippen molar-refractivity contribution >= 4 is 18.3 Å². The minimum absolute atomic E-state index is 0. The van der Waals surface area contributed by atoms with Crippen LogP contribution in [0.15, 0.2) is 30.3 Å². The molecule has 0 atom stereocenters. The van der Waals surface area contributed by atoms with E-state index in [9.17, 15) is 4.79 Å². The standard InChI is InChI=1S/C18H26N4O.ClH/c1-13-10-14(2)22(20-13)16-8-6-15(7-9-16)17(23)21(5)12-18(3,4)11-19;/h6-10H,11-12,19H2,1-5H3;1H. The molecule has 0 aliphatic heterocycles. The van der Waals surface area contributed by atoms with E-state index < -0.39 is 0 Å². The number of hydrogen-bond acceptors (Lipinski definition) is 3. The molecule has 0 spiro atoms. The fourth-order valence-electron chi connectivity index (χ4n) is 2.63. The van der Waals surface area contributed by atoms with Crippen molar-refractivity contribution < 1.29 is 4.79 Å². The summed E-state index contributed by atoms with van der Waals surface area (Å²) < 4.78 is 1.88. The average Bonchev–Trinajstić information content (AvgIpc) is 2.85. The smallest absolute Gasteiger partial charge is 0.253 e. The lowest BCUT2D eigenvalue weighted by Gasteiger charge is -2.29. The Kier molecular flexibility index (Phi) is 6.58. The summed E-state index contributed by atoms with van der Waals surface area (Å²) in [6.45, 7) is 9.27. The van der Waals surface area contributed by atoms with Gasteiger partial charge in [-0.05, 0) is 56.1 Å². The van der Waals surface area contributed by atoms with E-state index in [1.54, 1.807) is 4.90 Å². The molecule has 0 saturated carbocycles. The van der Waals surface area contributed by atoms with E-state index in [0.29, 0.717) is 18.7 Å². The first-order chi connectivity index (χ1) is 10.7. The molecule has 132 valence electrons. The Hall–Kier alpha value is -1.85. The third kappa shape index (κ3) is 4.58. The molecule has 0 fully saturated rings. The van der Waals surface area contributed by atoms with E-state index >= 15 is 0 Å². The second-order valence-corrected chi connectivity index (χ2v) is 6.92. The molecule has 2 rings (SSSR count). The Labute approximate surface area is 150 Å². The molecule has 6 heteroatoms. The number of rotatable bonds is 5. The van der Waals surface area contributed by atoms with Gasteiger partial charge in [-0.1, -0.05) is 13.8 Å². The van der Waals surface area contributed by atoms with E-state index in [2.05, 4.69) is 18.9 Å². The van der Waals surface area contributed by atoms with Gasteiger partial charge >= 0.3 is 0 Å².